The van der Waals surface area contributed by atoms with Crippen LogP contribution in [0, 0.1) is 13.8 Å². The number of ether oxygens (including phenoxy) is 1. The number of benzene rings is 1. The molecule has 1 aliphatic heterocycles. The molecule has 1 fully saturated rings. The smallest absolute Gasteiger partial charge is 0.273 e. The van der Waals surface area contributed by atoms with Gasteiger partial charge in [0.1, 0.15) is 17.0 Å². The lowest BCUT2D eigenvalue weighted by Crippen LogP contribution is -2.41. The second-order valence-electron chi connectivity index (χ2n) is 6.51. The van der Waals surface area contributed by atoms with Gasteiger partial charge in [0.25, 0.3) is 5.91 Å². The fraction of sp³-hybridized carbons (Fsp3) is 0.300. The van der Waals surface area contributed by atoms with Crippen LogP contribution in [0.3, 0.4) is 0 Å². The van der Waals surface area contributed by atoms with Crippen LogP contribution in [0.25, 0.3) is 16.9 Å². The van der Waals surface area contributed by atoms with Crippen LogP contribution < -0.4 is 0 Å². The molecular weight excluding hydrogens is 314 g/mol. The zero-order valence-corrected chi connectivity index (χ0v) is 14.5. The molecule has 0 bridgehead atoms. The zero-order chi connectivity index (χ0) is 17.4. The van der Waals surface area contributed by atoms with Crippen LogP contribution in [0.5, 0.6) is 0 Å². The van der Waals surface area contributed by atoms with Gasteiger partial charge in [0.15, 0.2) is 0 Å². The third-order valence-electron chi connectivity index (χ3n) is 4.59. The van der Waals surface area contributed by atoms with Crippen LogP contribution >= 0.6 is 0 Å². The Morgan fingerprint density at radius 3 is 2.40 bits per heavy atom. The Hall–Kier alpha value is -2.66. The van der Waals surface area contributed by atoms with Gasteiger partial charge in [-0.2, -0.15) is 0 Å². The second kappa shape index (κ2) is 6.33. The quantitative estimate of drug-likeness (QED) is 0.723. The summed E-state index contributed by atoms with van der Waals surface area (Å²) in [6.07, 6.45) is 1.98. The number of carbonyl (C=O) groups excluding carboxylic acids is 1. The summed E-state index contributed by atoms with van der Waals surface area (Å²) in [5.41, 5.74) is 5.40. The van der Waals surface area contributed by atoms with E-state index in [4.69, 9.17) is 9.72 Å². The van der Waals surface area contributed by atoms with Gasteiger partial charge in [-0.1, -0.05) is 35.9 Å². The van der Waals surface area contributed by atoms with E-state index in [0.29, 0.717) is 32.0 Å². The molecule has 0 saturated carbocycles. The summed E-state index contributed by atoms with van der Waals surface area (Å²) in [5, 5.41) is 0. The first-order chi connectivity index (χ1) is 12.1. The van der Waals surface area contributed by atoms with Crippen LogP contribution in [0.2, 0.25) is 0 Å². The number of hydrogen-bond donors (Lipinski definition) is 0. The van der Waals surface area contributed by atoms with Crippen LogP contribution in [0.15, 0.2) is 42.6 Å². The monoisotopic (exact) mass is 335 g/mol. The predicted octanol–water partition coefficient (Wildman–Crippen LogP) is 3.09. The molecule has 0 aliphatic carbocycles. The standard InChI is InChI=1S/C20H21N3O2/c1-14-3-6-16(7-4-14)18-19(20(24)22-9-11-25-12-10-22)23-13-15(2)5-8-17(23)21-18/h3-8,13H,9-12H2,1-2H3. The van der Waals surface area contributed by atoms with E-state index < -0.39 is 0 Å². The summed E-state index contributed by atoms with van der Waals surface area (Å²) < 4.78 is 7.30. The molecule has 0 radical (unpaired) electrons. The van der Waals surface area contributed by atoms with E-state index in [9.17, 15) is 4.79 Å². The van der Waals surface area contributed by atoms with E-state index in [1.165, 1.54) is 5.56 Å². The highest BCUT2D eigenvalue weighted by atomic mass is 16.5. The molecule has 1 amide bonds. The largest absolute Gasteiger partial charge is 0.378 e. The predicted molar refractivity (Wildman–Crippen MR) is 96.8 cm³/mol. The van der Waals surface area contributed by atoms with Crippen molar-refractivity contribution in [2.75, 3.05) is 26.3 Å². The van der Waals surface area contributed by atoms with Crippen molar-refractivity contribution in [1.29, 1.82) is 0 Å². The average molecular weight is 335 g/mol. The highest BCUT2D eigenvalue weighted by Gasteiger charge is 2.26. The third-order valence-corrected chi connectivity index (χ3v) is 4.59. The van der Waals surface area contributed by atoms with E-state index >= 15 is 0 Å². The molecule has 5 heteroatoms. The van der Waals surface area contributed by atoms with Crippen molar-refractivity contribution >= 4 is 11.6 Å². The molecule has 1 aromatic carbocycles. The molecule has 4 rings (SSSR count). The number of aryl methyl sites for hydroxylation is 2. The number of carbonyl (C=O) groups is 1. The Labute approximate surface area is 146 Å². The molecule has 128 valence electrons. The van der Waals surface area contributed by atoms with E-state index in [1.54, 1.807) is 0 Å². The molecule has 25 heavy (non-hydrogen) atoms. The lowest BCUT2D eigenvalue weighted by Gasteiger charge is -2.27. The fourth-order valence-corrected chi connectivity index (χ4v) is 3.18. The van der Waals surface area contributed by atoms with Crippen molar-refractivity contribution in [3.63, 3.8) is 0 Å². The van der Waals surface area contributed by atoms with Gasteiger partial charge in [0.2, 0.25) is 0 Å². The summed E-state index contributed by atoms with van der Waals surface area (Å²) in [6.45, 7) is 6.48. The molecule has 1 aliphatic rings. The molecule has 0 N–H and O–H groups in total. The summed E-state index contributed by atoms with van der Waals surface area (Å²) in [7, 11) is 0. The van der Waals surface area contributed by atoms with E-state index in [-0.39, 0.29) is 5.91 Å². The van der Waals surface area contributed by atoms with Gasteiger partial charge in [0, 0.05) is 24.8 Å². The summed E-state index contributed by atoms with van der Waals surface area (Å²) in [5.74, 6) is 0.0111. The first-order valence-corrected chi connectivity index (χ1v) is 8.56. The van der Waals surface area contributed by atoms with Crippen LogP contribution in [0.4, 0.5) is 0 Å². The molecular formula is C20H21N3O2. The van der Waals surface area contributed by atoms with Crippen LogP contribution in [-0.4, -0.2) is 46.5 Å². The summed E-state index contributed by atoms with van der Waals surface area (Å²) >= 11 is 0. The average Bonchev–Trinajstić information content (AvgIpc) is 3.01. The number of aromatic nitrogens is 2. The maximum Gasteiger partial charge on any atom is 0.273 e. The molecule has 1 saturated heterocycles. The first kappa shape index (κ1) is 15.8. The van der Waals surface area contributed by atoms with Gasteiger partial charge in [-0.3, -0.25) is 9.20 Å². The number of amides is 1. The topological polar surface area (TPSA) is 46.8 Å². The number of hydrogen-bond acceptors (Lipinski definition) is 3. The number of pyridine rings is 1. The maximum absolute atomic E-state index is 13.3. The van der Waals surface area contributed by atoms with E-state index in [2.05, 4.69) is 6.92 Å². The highest BCUT2D eigenvalue weighted by molar-refractivity contribution is 5.99. The molecule has 0 unspecified atom stereocenters. The van der Waals surface area contributed by atoms with Crippen molar-refractivity contribution in [3.05, 3.63) is 59.4 Å². The van der Waals surface area contributed by atoms with Crippen molar-refractivity contribution in [2.45, 2.75) is 13.8 Å². The Morgan fingerprint density at radius 1 is 1.00 bits per heavy atom. The number of rotatable bonds is 2. The number of morpholine rings is 1. The lowest BCUT2D eigenvalue weighted by molar-refractivity contribution is 0.0299. The molecule has 0 spiro atoms. The molecule has 5 nitrogen and oxygen atoms in total. The molecule has 2 aromatic heterocycles. The molecule has 0 atom stereocenters. The van der Waals surface area contributed by atoms with Gasteiger partial charge in [-0.15, -0.1) is 0 Å². The lowest BCUT2D eigenvalue weighted by atomic mass is 10.1. The summed E-state index contributed by atoms with van der Waals surface area (Å²) in [6, 6.07) is 12.1. The SMILES string of the molecule is Cc1ccc(-c2nc3ccc(C)cn3c2C(=O)N2CCOCC2)cc1. The first-order valence-electron chi connectivity index (χ1n) is 8.56. The van der Waals surface area contributed by atoms with Gasteiger partial charge in [-0.05, 0) is 25.5 Å². The van der Waals surface area contributed by atoms with Crippen molar-refractivity contribution in [1.82, 2.24) is 14.3 Å². The van der Waals surface area contributed by atoms with Gasteiger partial charge < -0.3 is 9.64 Å². The fourth-order valence-electron chi connectivity index (χ4n) is 3.18. The number of imidazole rings is 1. The van der Waals surface area contributed by atoms with E-state index in [1.807, 2.05) is 58.8 Å². The van der Waals surface area contributed by atoms with Crippen molar-refractivity contribution in [2.24, 2.45) is 0 Å². The number of fused-ring (bicyclic) bond motifs is 1. The molecule has 3 aromatic rings. The molecule has 3 heterocycles. The van der Waals surface area contributed by atoms with E-state index in [0.717, 1.165) is 22.5 Å². The van der Waals surface area contributed by atoms with Crippen molar-refractivity contribution in [3.8, 4) is 11.3 Å². The van der Waals surface area contributed by atoms with Gasteiger partial charge in [0.05, 0.1) is 13.2 Å². The maximum atomic E-state index is 13.3. The number of nitrogens with zero attached hydrogens (tertiary/aromatic N) is 3. The minimum atomic E-state index is 0.0111. The summed E-state index contributed by atoms with van der Waals surface area (Å²) in [4.78, 5) is 19.9. The second-order valence-corrected chi connectivity index (χ2v) is 6.51. The van der Waals surface area contributed by atoms with Gasteiger partial charge in [-0.25, -0.2) is 4.98 Å². The Kier molecular flexibility index (Phi) is 4.01. The minimum absolute atomic E-state index is 0.0111. The Bertz CT molecular complexity index is 922. The van der Waals surface area contributed by atoms with Gasteiger partial charge >= 0.3 is 0 Å². The third kappa shape index (κ3) is 2.91. The van der Waals surface area contributed by atoms with Crippen LogP contribution in [0.1, 0.15) is 21.6 Å². The zero-order valence-electron chi connectivity index (χ0n) is 14.5. The Morgan fingerprint density at radius 2 is 1.68 bits per heavy atom. The minimum Gasteiger partial charge on any atom is -0.378 e. The van der Waals surface area contributed by atoms with Crippen LogP contribution in [-0.2, 0) is 4.74 Å². The van der Waals surface area contributed by atoms with Crippen molar-refractivity contribution < 1.29 is 9.53 Å². The highest BCUT2D eigenvalue weighted by Crippen LogP contribution is 2.26. The Balaban J connectivity index is 1.89. The normalized spacial score (nSPS) is 14.9.